The highest BCUT2D eigenvalue weighted by molar-refractivity contribution is 5.34. The van der Waals surface area contributed by atoms with Crippen LogP contribution in [-0.2, 0) is 13.7 Å². The molecule has 0 unspecified atom stereocenters. The summed E-state index contributed by atoms with van der Waals surface area (Å²) < 4.78 is 13.3. The Labute approximate surface area is 140 Å². The number of ether oxygens (including phenoxy) is 2. The highest BCUT2D eigenvalue weighted by Crippen LogP contribution is 2.38. The van der Waals surface area contributed by atoms with Crippen molar-refractivity contribution in [1.29, 1.82) is 0 Å². The summed E-state index contributed by atoms with van der Waals surface area (Å²) >= 11 is 0. The van der Waals surface area contributed by atoms with Crippen LogP contribution in [0.2, 0.25) is 0 Å². The van der Waals surface area contributed by atoms with E-state index in [0.717, 1.165) is 23.1 Å². The normalized spacial score (nSPS) is 13.7. The highest BCUT2D eigenvalue weighted by Gasteiger charge is 2.28. The van der Waals surface area contributed by atoms with E-state index < -0.39 is 0 Å². The number of nitrogens with zero attached hydrogens (tertiary/aromatic N) is 4. The first-order chi connectivity index (χ1) is 11.8. The molecular formula is C18H18N4O2. The summed E-state index contributed by atoms with van der Waals surface area (Å²) in [6, 6.07) is 11.2. The van der Waals surface area contributed by atoms with E-state index in [1.807, 2.05) is 43.4 Å². The maximum Gasteiger partial charge on any atom is 0.164 e. The lowest BCUT2D eigenvalue weighted by molar-refractivity contribution is 0.289. The molecule has 6 heteroatoms. The molecule has 6 nitrogen and oxygen atoms in total. The number of rotatable bonds is 6. The molecule has 1 saturated carbocycles. The summed E-state index contributed by atoms with van der Waals surface area (Å²) in [4.78, 5) is 8.58. The topological polar surface area (TPSA) is 62.1 Å². The second kappa shape index (κ2) is 6.31. The predicted molar refractivity (Wildman–Crippen MR) is 88.1 cm³/mol. The van der Waals surface area contributed by atoms with Crippen molar-refractivity contribution in [3.05, 3.63) is 60.4 Å². The van der Waals surface area contributed by atoms with Crippen LogP contribution in [-0.4, -0.2) is 19.7 Å². The van der Waals surface area contributed by atoms with Crippen molar-refractivity contribution >= 4 is 0 Å². The maximum atomic E-state index is 5.80. The van der Waals surface area contributed by atoms with Crippen LogP contribution in [0.5, 0.6) is 17.2 Å². The van der Waals surface area contributed by atoms with Gasteiger partial charge in [-0.2, -0.15) is 5.10 Å². The van der Waals surface area contributed by atoms with Gasteiger partial charge in [-0.3, -0.25) is 4.98 Å². The molecule has 1 fully saturated rings. The fourth-order valence-electron chi connectivity index (χ4n) is 2.37. The minimum atomic E-state index is 0.402. The Kier molecular flexibility index (Phi) is 3.86. The van der Waals surface area contributed by atoms with Crippen LogP contribution in [0, 0.1) is 0 Å². The number of pyridine rings is 1. The van der Waals surface area contributed by atoms with Gasteiger partial charge in [-0.25, -0.2) is 9.67 Å². The SMILES string of the molecule is Cn1nc(C2CC2)nc1COc1ccc(Oc2cccnc2)cc1. The first kappa shape index (κ1) is 14.7. The van der Waals surface area contributed by atoms with E-state index in [-0.39, 0.29) is 0 Å². The van der Waals surface area contributed by atoms with Gasteiger partial charge < -0.3 is 9.47 Å². The smallest absolute Gasteiger partial charge is 0.164 e. The zero-order chi connectivity index (χ0) is 16.4. The minimum Gasteiger partial charge on any atom is -0.486 e. The maximum absolute atomic E-state index is 5.80. The van der Waals surface area contributed by atoms with Gasteiger partial charge in [0.15, 0.2) is 11.6 Å². The van der Waals surface area contributed by atoms with Crippen molar-refractivity contribution in [3.63, 3.8) is 0 Å². The van der Waals surface area contributed by atoms with Crippen LogP contribution < -0.4 is 9.47 Å². The number of benzene rings is 1. The molecule has 2 aromatic heterocycles. The van der Waals surface area contributed by atoms with E-state index in [1.54, 1.807) is 17.1 Å². The van der Waals surface area contributed by atoms with Crippen molar-refractivity contribution in [2.24, 2.45) is 7.05 Å². The summed E-state index contributed by atoms with van der Waals surface area (Å²) in [6.07, 6.45) is 5.78. The Morgan fingerprint density at radius 2 is 1.88 bits per heavy atom. The molecule has 24 heavy (non-hydrogen) atoms. The summed E-state index contributed by atoms with van der Waals surface area (Å²) in [5.41, 5.74) is 0. The second-order valence-corrected chi connectivity index (χ2v) is 5.83. The fraction of sp³-hybridized carbons (Fsp3) is 0.278. The summed E-state index contributed by atoms with van der Waals surface area (Å²) in [5, 5.41) is 4.45. The molecule has 122 valence electrons. The monoisotopic (exact) mass is 322 g/mol. The van der Waals surface area contributed by atoms with Gasteiger partial charge in [0.1, 0.15) is 23.9 Å². The number of aromatic nitrogens is 4. The van der Waals surface area contributed by atoms with Crippen LogP contribution in [0.15, 0.2) is 48.8 Å². The molecule has 0 aliphatic heterocycles. The third-order valence-corrected chi connectivity index (χ3v) is 3.87. The van der Waals surface area contributed by atoms with Gasteiger partial charge in [-0.05, 0) is 49.2 Å². The van der Waals surface area contributed by atoms with Crippen LogP contribution in [0.4, 0.5) is 0 Å². The van der Waals surface area contributed by atoms with Crippen molar-refractivity contribution in [3.8, 4) is 17.2 Å². The van der Waals surface area contributed by atoms with Gasteiger partial charge in [-0.15, -0.1) is 0 Å². The van der Waals surface area contributed by atoms with Gasteiger partial charge in [0.2, 0.25) is 0 Å². The van der Waals surface area contributed by atoms with Crippen LogP contribution in [0.3, 0.4) is 0 Å². The van der Waals surface area contributed by atoms with E-state index in [0.29, 0.717) is 18.3 Å². The van der Waals surface area contributed by atoms with Crippen molar-refractivity contribution < 1.29 is 9.47 Å². The van der Waals surface area contributed by atoms with Gasteiger partial charge in [-0.1, -0.05) is 0 Å². The predicted octanol–water partition coefficient (Wildman–Crippen LogP) is 3.46. The lowest BCUT2D eigenvalue weighted by atomic mass is 10.3. The zero-order valence-electron chi connectivity index (χ0n) is 13.4. The standard InChI is InChI=1S/C18H18N4O2/c1-22-17(20-18(21-22)13-4-5-13)12-23-14-6-8-15(9-7-14)24-16-3-2-10-19-11-16/h2-3,6-11,13H,4-5,12H2,1H3. The van der Waals surface area contributed by atoms with Gasteiger partial charge in [0.05, 0.1) is 6.20 Å². The molecule has 2 heterocycles. The molecule has 0 N–H and O–H groups in total. The van der Waals surface area contributed by atoms with Crippen molar-refractivity contribution in [2.75, 3.05) is 0 Å². The molecule has 0 atom stereocenters. The Hall–Kier alpha value is -2.89. The molecular weight excluding hydrogens is 304 g/mol. The molecule has 1 aliphatic carbocycles. The molecule has 0 saturated heterocycles. The van der Waals surface area contributed by atoms with Crippen LogP contribution >= 0.6 is 0 Å². The molecule has 1 aromatic carbocycles. The third kappa shape index (κ3) is 3.37. The summed E-state index contributed by atoms with van der Waals surface area (Å²) in [5.74, 6) is 4.55. The molecule has 1 aliphatic rings. The Bertz CT molecular complexity index is 811. The second-order valence-electron chi connectivity index (χ2n) is 5.83. The molecule has 0 amide bonds. The lowest BCUT2D eigenvalue weighted by Crippen LogP contribution is -2.04. The van der Waals surface area contributed by atoms with Crippen LogP contribution in [0.25, 0.3) is 0 Å². The number of aryl methyl sites for hydroxylation is 1. The van der Waals surface area contributed by atoms with Gasteiger partial charge in [0.25, 0.3) is 0 Å². The van der Waals surface area contributed by atoms with Gasteiger partial charge >= 0.3 is 0 Å². The number of hydrogen-bond acceptors (Lipinski definition) is 5. The first-order valence-electron chi connectivity index (χ1n) is 7.98. The molecule has 3 aromatic rings. The van der Waals surface area contributed by atoms with E-state index in [4.69, 9.17) is 9.47 Å². The van der Waals surface area contributed by atoms with E-state index in [2.05, 4.69) is 15.1 Å². The van der Waals surface area contributed by atoms with E-state index >= 15 is 0 Å². The summed E-state index contributed by atoms with van der Waals surface area (Å²) in [6.45, 7) is 0.402. The minimum absolute atomic E-state index is 0.402. The fourth-order valence-corrected chi connectivity index (χ4v) is 2.37. The largest absolute Gasteiger partial charge is 0.486 e. The lowest BCUT2D eigenvalue weighted by Gasteiger charge is -2.08. The first-order valence-corrected chi connectivity index (χ1v) is 7.98. The van der Waals surface area contributed by atoms with Crippen molar-refractivity contribution in [1.82, 2.24) is 19.7 Å². The quantitative estimate of drug-likeness (QED) is 0.695. The Morgan fingerprint density at radius 3 is 2.58 bits per heavy atom. The zero-order valence-corrected chi connectivity index (χ0v) is 13.4. The average molecular weight is 322 g/mol. The molecule has 0 spiro atoms. The van der Waals surface area contributed by atoms with Crippen molar-refractivity contribution in [2.45, 2.75) is 25.4 Å². The van der Waals surface area contributed by atoms with E-state index in [1.165, 1.54) is 12.8 Å². The average Bonchev–Trinajstić information content (AvgIpc) is 3.39. The van der Waals surface area contributed by atoms with Gasteiger partial charge in [0, 0.05) is 19.2 Å². The Balaban J connectivity index is 1.37. The Morgan fingerprint density at radius 1 is 1.08 bits per heavy atom. The van der Waals surface area contributed by atoms with E-state index in [9.17, 15) is 0 Å². The molecule has 4 rings (SSSR count). The third-order valence-electron chi connectivity index (χ3n) is 3.87. The van der Waals surface area contributed by atoms with Crippen LogP contribution in [0.1, 0.15) is 30.4 Å². The summed E-state index contributed by atoms with van der Waals surface area (Å²) in [7, 11) is 1.91. The number of hydrogen-bond donors (Lipinski definition) is 0. The molecule has 0 bridgehead atoms. The molecule has 0 radical (unpaired) electrons. The highest BCUT2D eigenvalue weighted by atomic mass is 16.5.